The summed E-state index contributed by atoms with van der Waals surface area (Å²) in [6, 6.07) is 9.78. The van der Waals surface area contributed by atoms with Crippen molar-refractivity contribution >= 4 is 16.9 Å². The molecular weight excluding hydrogens is 288 g/mol. The maximum atomic E-state index is 12.3. The number of amides is 1. The van der Waals surface area contributed by atoms with Crippen LogP contribution < -0.4 is 5.32 Å². The van der Waals surface area contributed by atoms with Crippen molar-refractivity contribution in [2.75, 3.05) is 0 Å². The minimum absolute atomic E-state index is 0.0968. The van der Waals surface area contributed by atoms with Crippen molar-refractivity contribution in [2.45, 2.75) is 33.4 Å². The number of pyridine rings is 1. The zero-order valence-electron chi connectivity index (χ0n) is 13.6. The van der Waals surface area contributed by atoms with Gasteiger partial charge in [-0.1, -0.05) is 0 Å². The molecule has 0 saturated carbocycles. The van der Waals surface area contributed by atoms with Crippen LogP contribution in [0.3, 0.4) is 0 Å². The van der Waals surface area contributed by atoms with Crippen LogP contribution in [0.2, 0.25) is 0 Å². The molecule has 1 amide bonds. The van der Waals surface area contributed by atoms with Gasteiger partial charge in [-0.2, -0.15) is 0 Å². The van der Waals surface area contributed by atoms with E-state index in [0.29, 0.717) is 18.2 Å². The van der Waals surface area contributed by atoms with Gasteiger partial charge in [0.25, 0.3) is 5.91 Å². The third kappa shape index (κ3) is 3.08. The third-order valence-electron chi connectivity index (χ3n) is 3.85. The molecule has 0 aliphatic rings. The van der Waals surface area contributed by atoms with E-state index in [1.54, 1.807) is 12.4 Å². The number of carbonyl (C=O) groups excluding carboxylic acids is 1. The molecule has 0 unspecified atom stereocenters. The number of carbonyl (C=O) groups is 1. The van der Waals surface area contributed by atoms with Crippen molar-refractivity contribution < 1.29 is 4.79 Å². The fourth-order valence-corrected chi connectivity index (χ4v) is 2.80. The van der Waals surface area contributed by atoms with Crippen molar-refractivity contribution in [3.05, 3.63) is 59.7 Å². The maximum Gasteiger partial charge on any atom is 0.251 e. The Labute approximate surface area is 135 Å². The summed E-state index contributed by atoms with van der Waals surface area (Å²) in [5.74, 6) is 0.866. The van der Waals surface area contributed by atoms with Crippen molar-refractivity contribution in [3.8, 4) is 0 Å². The average Bonchev–Trinajstić information content (AvgIpc) is 2.88. The molecule has 118 valence electrons. The second-order valence-electron chi connectivity index (χ2n) is 5.86. The van der Waals surface area contributed by atoms with Crippen molar-refractivity contribution in [1.82, 2.24) is 19.9 Å². The van der Waals surface area contributed by atoms with E-state index in [0.717, 1.165) is 22.4 Å². The van der Waals surface area contributed by atoms with Crippen LogP contribution in [0, 0.1) is 6.92 Å². The fourth-order valence-electron chi connectivity index (χ4n) is 2.80. The molecule has 0 aliphatic heterocycles. The summed E-state index contributed by atoms with van der Waals surface area (Å²) < 4.78 is 2.17. The number of nitrogens with one attached hydrogen (secondary N) is 1. The Bertz CT molecular complexity index is 837. The van der Waals surface area contributed by atoms with Crippen LogP contribution in [0.15, 0.2) is 42.7 Å². The number of rotatable bonds is 4. The number of benzene rings is 1. The Balaban J connectivity index is 1.81. The Morgan fingerprint density at radius 2 is 1.96 bits per heavy atom. The van der Waals surface area contributed by atoms with Gasteiger partial charge in [-0.05, 0) is 56.7 Å². The molecule has 3 rings (SSSR count). The van der Waals surface area contributed by atoms with Gasteiger partial charge in [-0.15, -0.1) is 0 Å². The first-order valence-electron chi connectivity index (χ1n) is 7.72. The van der Waals surface area contributed by atoms with Crippen LogP contribution in [0.1, 0.15) is 41.6 Å². The lowest BCUT2D eigenvalue weighted by atomic mass is 10.1. The lowest BCUT2D eigenvalue weighted by molar-refractivity contribution is 0.0951. The van der Waals surface area contributed by atoms with Gasteiger partial charge in [0.05, 0.1) is 11.0 Å². The molecule has 2 aromatic heterocycles. The highest BCUT2D eigenvalue weighted by Crippen LogP contribution is 2.21. The molecule has 5 nitrogen and oxygen atoms in total. The van der Waals surface area contributed by atoms with E-state index in [9.17, 15) is 4.79 Å². The molecule has 0 bridgehead atoms. The first kappa shape index (κ1) is 15.2. The first-order valence-corrected chi connectivity index (χ1v) is 7.72. The molecule has 1 aromatic carbocycles. The van der Waals surface area contributed by atoms with E-state index in [4.69, 9.17) is 0 Å². The highest BCUT2D eigenvalue weighted by Gasteiger charge is 2.13. The van der Waals surface area contributed by atoms with E-state index in [1.807, 2.05) is 37.3 Å². The van der Waals surface area contributed by atoms with Gasteiger partial charge in [0, 0.05) is 30.5 Å². The molecular formula is C18H20N4O. The normalized spacial score (nSPS) is 11.1. The number of imidazole rings is 1. The van der Waals surface area contributed by atoms with Crippen LogP contribution in [-0.2, 0) is 6.54 Å². The molecule has 3 aromatic rings. The minimum Gasteiger partial charge on any atom is -0.348 e. The molecule has 0 aliphatic carbocycles. The lowest BCUT2D eigenvalue weighted by Gasteiger charge is -2.10. The first-order chi connectivity index (χ1) is 11.1. The van der Waals surface area contributed by atoms with Gasteiger partial charge in [0.15, 0.2) is 0 Å². The van der Waals surface area contributed by atoms with Gasteiger partial charge >= 0.3 is 0 Å². The quantitative estimate of drug-likeness (QED) is 0.805. The maximum absolute atomic E-state index is 12.3. The van der Waals surface area contributed by atoms with E-state index in [2.05, 4.69) is 33.7 Å². The van der Waals surface area contributed by atoms with E-state index < -0.39 is 0 Å². The van der Waals surface area contributed by atoms with Gasteiger partial charge in [0.1, 0.15) is 5.82 Å². The summed E-state index contributed by atoms with van der Waals surface area (Å²) in [6.07, 6.45) is 3.43. The lowest BCUT2D eigenvalue weighted by Crippen LogP contribution is -2.22. The second kappa shape index (κ2) is 6.20. The number of aromatic nitrogens is 3. The molecule has 0 saturated heterocycles. The number of fused-ring (bicyclic) bond motifs is 1. The molecule has 2 heterocycles. The highest BCUT2D eigenvalue weighted by atomic mass is 16.1. The Kier molecular flexibility index (Phi) is 4.10. The van der Waals surface area contributed by atoms with Crippen LogP contribution in [0.5, 0.6) is 0 Å². The molecule has 5 heteroatoms. The predicted molar refractivity (Wildman–Crippen MR) is 90.3 cm³/mol. The minimum atomic E-state index is -0.0968. The Morgan fingerprint density at radius 3 is 2.65 bits per heavy atom. The highest BCUT2D eigenvalue weighted by molar-refractivity contribution is 5.97. The second-order valence-corrected chi connectivity index (χ2v) is 5.86. The Morgan fingerprint density at radius 1 is 1.22 bits per heavy atom. The number of hydrogen-bond acceptors (Lipinski definition) is 3. The number of nitrogens with zero attached hydrogens (tertiary/aromatic N) is 3. The van der Waals surface area contributed by atoms with E-state index >= 15 is 0 Å². The molecule has 0 spiro atoms. The third-order valence-corrected chi connectivity index (χ3v) is 3.85. The predicted octanol–water partition coefficient (Wildman–Crippen LogP) is 3.25. The van der Waals surface area contributed by atoms with Gasteiger partial charge in [0.2, 0.25) is 0 Å². The van der Waals surface area contributed by atoms with Crippen LogP contribution in [0.4, 0.5) is 0 Å². The van der Waals surface area contributed by atoms with Crippen LogP contribution in [-0.4, -0.2) is 20.4 Å². The van der Waals surface area contributed by atoms with Crippen LogP contribution >= 0.6 is 0 Å². The van der Waals surface area contributed by atoms with Gasteiger partial charge in [-0.3, -0.25) is 9.78 Å². The molecule has 0 atom stereocenters. The topological polar surface area (TPSA) is 59.8 Å². The van der Waals surface area contributed by atoms with Crippen LogP contribution in [0.25, 0.3) is 11.0 Å². The number of hydrogen-bond donors (Lipinski definition) is 1. The summed E-state index contributed by atoms with van der Waals surface area (Å²) >= 11 is 0. The average molecular weight is 308 g/mol. The van der Waals surface area contributed by atoms with Gasteiger partial charge < -0.3 is 9.88 Å². The monoisotopic (exact) mass is 308 g/mol. The van der Waals surface area contributed by atoms with Gasteiger partial charge in [-0.25, -0.2) is 4.98 Å². The van der Waals surface area contributed by atoms with E-state index in [1.165, 1.54) is 0 Å². The molecule has 0 radical (unpaired) electrons. The summed E-state index contributed by atoms with van der Waals surface area (Å²) in [4.78, 5) is 20.9. The zero-order chi connectivity index (χ0) is 16.4. The summed E-state index contributed by atoms with van der Waals surface area (Å²) in [7, 11) is 0. The van der Waals surface area contributed by atoms with Crippen molar-refractivity contribution in [2.24, 2.45) is 0 Å². The van der Waals surface area contributed by atoms with E-state index in [-0.39, 0.29) is 5.91 Å². The zero-order valence-corrected chi connectivity index (χ0v) is 13.6. The summed E-state index contributed by atoms with van der Waals surface area (Å²) in [5, 5.41) is 2.92. The molecule has 23 heavy (non-hydrogen) atoms. The number of aryl methyl sites for hydroxylation is 1. The molecule has 0 fully saturated rings. The Hall–Kier alpha value is -2.69. The summed E-state index contributed by atoms with van der Waals surface area (Å²) in [6.45, 7) is 6.73. The molecule has 1 N–H and O–H groups in total. The standard InChI is InChI=1S/C18H20N4O/c1-12(2)22-13(3)21-16-10-15(4-5-17(16)22)18(23)20-11-14-6-8-19-9-7-14/h4-10,12H,11H2,1-3H3,(H,20,23). The van der Waals surface area contributed by atoms with Crippen molar-refractivity contribution in [3.63, 3.8) is 0 Å². The summed E-state index contributed by atoms with van der Waals surface area (Å²) in [5.41, 5.74) is 3.56. The van der Waals surface area contributed by atoms with Crippen molar-refractivity contribution in [1.29, 1.82) is 0 Å². The fraction of sp³-hybridized carbons (Fsp3) is 0.278. The SMILES string of the molecule is Cc1nc2cc(C(=O)NCc3ccncc3)ccc2n1C(C)C. The smallest absolute Gasteiger partial charge is 0.251 e. The largest absolute Gasteiger partial charge is 0.348 e.